The summed E-state index contributed by atoms with van der Waals surface area (Å²) in [4.78, 5) is 0. The first-order valence-electron chi connectivity index (χ1n) is 8.38. The molecule has 3 aliphatic rings. The summed E-state index contributed by atoms with van der Waals surface area (Å²) in [5.41, 5.74) is -0.00750. The average molecular weight is 314 g/mol. The maximum Gasteiger partial charge on any atom is 0.104 e. The molecule has 1 saturated carbocycles. The molecule has 0 radical (unpaired) electrons. The zero-order valence-electron chi connectivity index (χ0n) is 13.7. The Balaban J connectivity index is 0.000000170. The molecule has 0 aromatic rings. The number of aliphatic hydroxyl groups excluding tert-OH is 1. The second kappa shape index (κ2) is 8.87. The maximum absolute atomic E-state index is 9.42. The average Bonchev–Trinajstić information content (AvgIpc) is 3.44. The van der Waals surface area contributed by atoms with Crippen molar-refractivity contribution in [1.29, 1.82) is 0 Å². The van der Waals surface area contributed by atoms with Crippen LogP contribution in [0.25, 0.3) is 0 Å². The van der Waals surface area contributed by atoms with Gasteiger partial charge in [-0.3, -0.25) is 0 Å². The van der Waals surface area contributed by atoms with Crippen LogP contribution in [0.3, 0.4) is 0 Å². The quantitative estimate of drug-likeness (QED) is 0.550. The second-order valence-electron chi connectivity index (χ2n) is 6.47. The first-order chi connectivity index (χ1) is 10.7. The van der Waals surface area contributed by atoms with Crippen LogP contribution in [0.5, 0.6) is 0 Å². The zero-order valence-corrected chi connectivity index (χ0v) is 13.7. The van der Waals surface area contributed by atoms with Crippen LogP contribution in [-0.4, -0.2) is 56.5 Å². The summed E-state index contributed by atoms with van der Waals surface area (Å²) in [5, 5.41) is 9.42. The summed E-state index contributed by atoms with van der Waals surface area (Å²) in [5.74, 6) is 0. The summed E-state index contributed by atoms with van der Waals surface area (Å²) in [7, 11) is 0. The van der Waals surface area contributed by atoms with Crippen molar-refractivity contribution in [2.75, 3.05) is 33.0 Å². The van der Waals surface area contributed by atoms with Gasteiger partial charge in [0, 0.05) is 5.41 Å². The Morgan fingerprint density at radius 1 is 1.18 bits per heavy atom. The minimum atomic E-state index is -0.00750. The van der Waals surface area contributed by atoms with E-state index in [0.717, 1.165) is 39.3 Å². The molecule has 22 heavy (non-hydrogen) atoms. The van der Waals surface area contributed by atoms with E-state index >= 15 is 0 Å². The molecule has 3 rings (SSSR count). The predicted octanol–water partition coefficient (Wildman–Crippen LogP) is 2.28. The van der Waals surface area contributed by atoms with Gasteiger partial charge in [-0.25, -0.2) is 0 Å². The number of rotatable bonds is 8. The highest BCUT2D eigenvalue weighted by Gasteiger charge is 2.37. The lowest BCUT2D eigenvalue weighted by Gasteiger charge is -2.39. The van der Waals surface area contributed by atoms with Crippen molar-refractivity contribution in [3.05, 3.63) is 12.8 Å². The standard InChI is InChI=1S/C11H20O2.C6H10O3/c1-3-13-10(2)11(9-12)7-5-4-6-8-11;1(5-3-8-5)7-2-6-4-9-6/h3,10,12H,1,4-9H2,2H3;5-6H,1-4H2. The molecule has 1 N–H and O–H groups in total. The Hall–Kier alpha value is -0.620. The zero-order chi connectivity index (χ0) is 15.8. The van der Waals surface area contributed by atoms with Crippen molar-refractivity contribution in [3.8, 4) is 0 Å². The first kappa shape index (κ1) is 17.7. The highest BCUT2D eigenvalue weighted by molar-refractivity contribution is 4.88. The molecule has 3 atom stereocenters. The molecule has 0 bridgehead atoms. The molecule has 1 aliphatic carbocycles. The molecule has 0 amide bonds. The smallest absolute Gasteiger partial charge is 0.104 e. The molecule has 128 valence electrons. The Morgan fingerprint density at radius 2 is 1.73 bits per heavy atom. The van der Waals surface area contributed by atoms with Gasteiger partial charge in [0.1, 0.15) is 18.3 Å². The van der Waals surface area contributed by atoms with Crippen LogP contribution in [0.15, 0.2) is 12.8 Å². The van der Waals surface area contributed by atoms with Crippen molar-refractivity contribution in [1.82, 2.24) is 0 Å². The molecule has 0 aromatic carbocycles. The van der Waals surface area contributed by atoms with E-state index in [9.17, 15) is 5.11 Å². The molecule has 0 spiro atoms. The Labute approximate surface area is 133 Å². The van der Waals surface area contributed by atoms with Gasteiger partial charge in [0.25, 0.3) is 0 Å². The van der Waals surface area contributed by atoms with Gasteiger partial charge in [0.15, 0.2) is 0 Å². The molecule has 5 nitrogen and oxygen atoms in total. The van der Waals surface area contributed by atoms with Gasteiger partial charge in [-0.2, -0.15) is 0 Å². The van der Waals surface area contributed by atoms with E-state index < -0.39 is 0 Å². The minimum Gasteiger partial charge on any atom is -0.498 e. The Bertz CT molecular complexity index is 307. The summed E-state index contributed by atoms with van der Waals surface area (Å²) < 4.78 is 20.5. The summed E-state index contributed by atoms with van der Waals surface area (Å²) in [6, 6.07) is 0. The molecule has 3 unspecified atom stereocenters. The molecular formula is C17H30O5. The lowest BCUT2D eigenvalue weighted by Crippen LogP contribution is -2.39. The highest BCUT2D eigenvalue weighted by atomic mass is 16.6. The van der Waals surface area contributed by atoms with Crippen LogP contribution >= 0.6 is 0 Å². The number of aliphatic hydroxyl groups is 1. The van der Waals surface area contributed by atoms with Crippen LogP contribution in [0.1, 0.15) is 39.0 Å². The third-order valence-corrected chi connectivity index (χ3v) is 4.74. The SMILES string of the molecule is C(OCC1CO1)C1CO1.C=COC(C)C1(CO)CCCCC1. The van der Waals surface area contributed by atoms with Gasteiger partial charge >= 0.3 is 0 Å². The van der Waals surface area contributed by atoms with E-state index in [1.165, 1.54) is 25.5 Å². The molecule has 2 aliphatic heterocycles. The second-order valence-corrected chi connectivity index (χ2v) is 6.47. The van der Waals surface area contributed by atoms with E-state index in [4.69, 9.17) is 18.9 Å². The van der Waals surface area contributed by atoms with Gasteiger partial charge in [-0.05, 0) is 19.8 Å². The van der Waals surface area contributed by atoms with Gasteiger partial charge < -0.3 is 24.1 Å². The van der Waals surface area contributed by atoms with Crippen LogP contribution in [-0.2, 0) is 18.9 Å². The normalized spacial score (nSPS) is 29.7. The predicted molar refractivity (Wildman–Crippen MR) is 83.6 cm³/mol. The van der Waals surface area contributed by atoms with E-state index in [2.05, 4.69) is 6.58 Å². The molecule has 2 saturated heterocycles. The van der Waals surface area contributed by atoms with E-state index in [-0.39, 0.29) is 18.1 Å². The molecule has 3 fully saturated rings. The number of epoxide rings is 2. The van der Waals surface area contributed by atoms with Gasteiger partial charge in [-0.1, -0.05) is 25.8 Å². The Kier molecular flexibility index (Phi) is 7.15. The maximum atomic E-state index is 9.42. The molecular weight excluding hydrogens is 284 g/mol. The highest BCUT2D eigenvalue weighted by Crippen LogP contribution is 2.40. The largest absolute Gasteiger partial charge is 0.498 e. The fraction of sp³-hybridized carbons (Fsp3) is 0.882. The number of hydrogen-bond acceptors (Lipinski definition) is 5. The first-order valence-corrected chi connectivity index (χ1v) is 8.38. The van der Waals surface area contributed by atoms with E-state index in [1.54, 1.807) is 0 Å². The monoisotopic (exact) mass is 314 g/mol. The third-order valence-electron chi connectivity index (χ3n) is 4.74. The van der Waals surface area contributed by atoms with Crippen LogP contribution in [0.4, 0.5) is 0 Å². The van der Waals surface area contributed by atoms with Crippen molar-refractivity contribution < 1.29 is 24.1 Å². The van der Waals surface area contributed by atoms with Crippen LogP contribution in [0.2, 0.25) is 0 Å². The van der Waals surface area contributed by atoms with E-state index in [1.807, 2.05) is 6.92 Å². The molecule has 0 aromatic heterocycles. The lowest BCUT2D eigenvalue weighted by atomic mass is 9.71. The topological polar surface area (TPSA) is 63.8 Å². The van der Waals surface area contributed by atoms with Crippen molar-refractivity contribution >= 4 is 0 Å². The lowest BCUT2D eigenvalue weighted by molar-refractivity contribution is -0.0393. The number of ether oxygens (including phenoxy) is 4. The van der Waals surface area contributed by atoms with Gasteiger partial charge in [0.05, 0.1) is 39.3 Å². The summed E-state index contributed by atoms with van der Waals surface area (Å²) >= 11 is 0. The van der Waals surface area contributed by atoms with Crippen molar-refractivity contribution in [3.63, 3.8) is 0 Å². The Morgan fingerprint density at radius 3 is 2.14 bits per heavy atom. The van der Waals surface area contributed by atoms with Crippen LogP contribution < -0.4 is 0 Å². The van der Waals surface area contributed by atoms with Crippen molar-refractivity contribution in [2.45, 2.75) is 57.3 Å². The molecule has 5 heteroatoms. The van der Waals surface area contributed by atoms with E-state index in [0.29, 0.717) is 12.2 Å². The summed E-state index contributed by atoms with van der Waals surface area (Å²) in [6.45, 7) is 9.09. The fourth-order valence-electron chi connectivity index (χ4n) is 2.90. The third kappa shape index (κ3) is 5.88. The fourth-order valence-corrected chi connectivity index (χ4v) is 2.90. The van der Waals surface area contributed by atoms with Gasteiger partial charge in [-0.15, -0.1) is 0 Å². The minimum absolute atomic E-state index is 0.00750. The number of hydrogen-bond donors (Lipinski definition) is 1. The van der Waals surface area contributed by atoms with Crippen molar-refractivity contribution in [2.24, 2.45) is 5.41 Å². The van der Waals surface area contributed by atoms with Gasteiger partial charge in [0.2, 0.25) is 0 Å². The molecule has 2 heterocycles. The van der Waals surface area contributed by atoms with Crippen LogP contribution in [0, 0.1) is 5.41 Å². The summed E-state index contributed by atoms with van der Waals surface area (Å²) in [6.07, 6.45) is 8.25.